The van der Waals surface area contributed by atoms with Gasteiger partial charge in [0.2, 0.25) is 0 Å². The first-order valence-corrected chi connectivity index (χ1v) is 8.06. The molecule has 1 aromatic heterocycles. The van der Waals surface area contributed by atoms with Crippen LogP contribution in [0.5, 0.6) is 0 Å². The highest BCUT2D eigenvalue weighted by atomic mass is 15.4. The van der Waals surface area contributed by atoms with Crippen LogP contribution in [0, 0.1) is 13.8 Å². The maximum atomic E-state index is 4.50. The van der Waals surface area contributed by atoms with Gasteiger partial charge in [-0.2, -0.15) is 5.10 Å². The van der Waals surface area contributed by atoms with E-state index in [1.807, 2.05) is 13.8 Å². The van der Waals surface area contributed by atoms with Crippen LogP contribution in [0.1, 0.15) is 30.1 Å². The predicted molar refractivity (Wildman–Crippen MR) is 89.6 cm³/mol. The van der Waals surface area contributed by atoms with Crippen LogP contribution in [-0.2, 0) is 6.54 Å². The number of likely N-dealkylation sites (tertiary alicyclic amines) is 1. The number of hydrogen-bond acceptors (Lipinski definition) is 3. The Morgan fingerprint density at radius 1 is 1.23 bits per heavy atom. The van der Waals surface area contributed by atoms with E-state index in [1.165, 1.54) is 24.9 Å². The molecular formula is C18H24N4. The summed E-state index contributed by atoms with van der Waals surface area (Å²) in [6.07, 6.45) is 7.00. The van der Waals surface area contributed by atoms with Crippen molar-refractivity contribution in [3.63, 3.8) is 0 Å². The summed E-state index contributed by atoms with van der Waals surface area (Å²) in [4.78, 5) is 6.95. The Labute approximate surface area is 132 Å². The zero-order valence-corrected chi connectivity index (χ0v) is 13.4. The van der Waals surface area contributed by atoms with E-state index < -0.39 is 0 Å². The maximum Gasteiger partial charge on any atom is 0.147 e. The molecule has 0 bridgehead atoms. The summed E-state index contributed by atoms with van der Waals surface area (Å²) >= 11 is 0. The summed E-state index contributed by atoms with van der Waals surface area (Å²) in [7, 11) is 0. The van der Waals surface area contributed by atoms with E-state index in [1.54, 1.807) is 0 Å². The van der Waals surface area contributed by atoms with Crippen LogP contribution >= 0.6 is 0 Å². The van der Waals surface area contributed by atoms with Crippen molar-refractivity contribution in [2.24, 2.45) is 0 Å². The molecule has 1 unspecified atom stereocenters. The molecule has 3 rings (SSSR count). The average molecular weight is 296 g/mol. The quantitative estimate of drug-likeness (QED) is 0.850. The molecule has 2 aromatic rings. The van der Waals surface area contributed by atoms with Crippen LogP contribution in [0.2, 0.25) is 0 Å². The Morgan fingerprint density at radius 2 is 2.05 bits per heavy atom. The van der Waals surface area contributed by atoms with E-state index in [0.717, 1.165) is 24.7 Å². The fraction of sp³-hybridized carbons (Fsp3) is 0.444. The number of benzene rings is 1. The maximum absolute atomic E-state index is 4.50. The third-order valence-corrected chi connectivity index (χ3v) is 4.30. The van der Waals surface area contributed by atoms with Gasteiger partial charge in [-0.15, -0.1) is 0 Å². The monoisotopic (exact) mass is 296 g/mol. The lowest BCUT2D eigenvalue weighted by Crippen LogP contribution is -2.33. The van der Waals surface area contributed by atoms with Crippen molar-refractivity contribution in [1.82, 2.24) is 19.7 Å². The first-order valence-electron chi connectivity index (χ1n) is 8.06. The number of rotatable bonds is 5. The molecule has 0 spiro atoms. The second kappa shape index (κ2) is 6.88. The van der Waals surface area contributed by atoms with Crippen molar-refractivity contribution in [3.05, 3.63) is 53.6 Å². The molecule has 0 radical (unpaired) electrons. The molecule has 1 atom stereocenters. The molecule has 1 fully saturated rings. The third-order valence-electron chi connectivity index (χ3n) is 4.30. The molecule has 22 heavy (non-hydrogen) atoms. The number of aryl methyl sites for hydroxylation is 2. The molecule has 116 valence electrons. The van der Waals surface area contributed by atoms with Crippen LogP contribution in [0.15, 0.2) is 36.4 Å². The lowest BCUT2D eigenvalue weighted by molar-refractivity contribution is 0.248. The molecule has 0 saturated carbocycles. The predicted octanol–water partition coefficient (Wildman–Crippen LogP) is 3.07. The largest absolute Gasteiger partial charge is 0.295 e. The normalized spacial score (nSPS) is 19.3. The van der Waals surface area contributed by atoms with E-state index in [4.69, 9.17) is 0 Å². The van der Waals surface area contributed by atoms with Gasteiger partial charge in [0.15, 0.2) is 0 Å². The molecule has 4 heteroatoms. The standard InChI is InChI=1S/C18H24N4/c1-15-19-16(2)22(20-15)14-18-11-7-13-21(18)12-6-10-17-8-4-3-5-9-17/h3-6,8-10,18H,7,11-14H2,1-2H3/b10-6+. The minimum absolute atomic E-state index is 0.570. The summed E-state index contributed by atoms with van der Waals surface area (Å²) in [5.74, 6) is 1.88. The molecule has 4 nitrogen and oxygen atoms in total. The van der Waals surface area contributed by atoms with Crippen LogP contribution in [0.3, 0.4) is 0 Å². The van der Waals surface area contributed by atoms with Crippen LogP contribution < -0.4 is 0 Å². The number of nitrogens with zero attached hydrogens (tertiary/aromatic N) is 4. The molecule has 0 aliphatic carbocycles. The van der Waals surface area contributed by atoms with Gasteiger partial charge in [-0.05, 0) is 38.8 Å². The Morgan fingerprint density at radius 3 is 2.77 bits per heavy atom. The fourth-order valence-corrected chi connectivity index (χ4v) is 3.16. The zero-order chi connectivity index (χ0) is 15.4. The van der Waals surface area contributed by atoms with Crippen LogP contribution in [0.4, 0.5) is 0 Å². The zero-order valence-electron chi connectivity index (χ0n) is 13.4. The minimum Gasteiger partial charge on any atom is -0.295 e. The van der Waals surface area contributed by atoms with Gasteiger partial charge in [0.05, 0.1) is 6.54 Å². The molecule has 0 N–H and O–H groups in total. The van der Waals surface area contributed by atoms with Crippen molar-refractivity contribution < 1.29 is 0 Å². The van der Waals surface area contributed by atoms with Crippen molar-refractivity contribution in [1.29, 1.82) is 0 Å². The van der Waals surface area contributed by atoms with Gasteiger partial charge in [0.25, 0.3) is 0 Å². The average Bonchev–Trinajstić information content (AvgIpc) is 3.07. The van der Waals surface area contributed by atoms with Crippen molar-refractivity contribution in [2.45, 2.75) is 39.3 Å². The van der Waals surface area contributed by atoms with Crippen LogP contribution in [-0.4, -0.2) is 38.8 Å². The molecular weight excluding hydrogens is 272 g/mol. The van der Waals surface area contributed by atoms with Gasteiger partial charge in [0, 0.05) is 12.6 Å². The minimum atomic E-state index is 0.570. The topological polar surface area (TPSA) is 34.0 Å². The molecule has 1 aromatic carbocycles. The molecule has 0 amide bonds. The fourth-order valence-electron chi connectivity index (χ4n) is 3.16. The van der Waals surface area contributed by atoms with E-state index in [9.17, 15) is 0 Å². The summed E-state index contributed by atoms with van der Waals surface area (Å²) in [6, 6.07) is 11.1. The second-order valence-corrected chi connectivity index (χ2v) is 5.99. The van der Waals surface area contributed by atoms with Gasteiger partial charge in [-0.3, -0.25) is 4.90 Å². The Bertz CT molecular complexity index is 630. The third kappa shape index (κ3) is 3.63. The molecule has 1 aliphatic rings. The van der Waals surface area contributed by atoms with E-state index in [2.05, 4.69) is 62.1 Å². The molecule has 1 saturated heterocycles. The van der Waals surface area contributed by atoms with Crippen molar-refractivity contribution in [3.8, 4) is 0 Å². The van der Waals surface area contributed by atoms with Crippen molar-refractivity contribution >= 4 is 6.08 Å². The lowest BCUT2D eigenvalue weighted by Gasteiger charge is -2.23. The first-order chi connectivity index (χ1) is 10.7. The number of hydrogen-bond donors (Lipinski definition) is 0. The Kier molecular flexibility index (Phi) is 4.68. The van der Waals surface area contributed by atoms with Gasteiger partial charge in [-0.1, -0.05) is 42.5 Å². The highest BCUT2D eigenvalue weighted by molar-refractivity contribution is 5.48. The van der Waals surface area contributed by atoms with Gasteiger partial charge >= 0.3 is 0 Å². The Hall–Kier alpha value is -1.94. The van der Waals surface area contributed by atoms with E-state index in [-0.39, 0.29) is 0 Å². The SMILES string of the molecule is Cc1nc(C)n(CC2CCCN2C/C=C/c2ccccc2)n1. The Balaban J connectivity index is 1.59. The summed E-state index contributed by atoms with van der Waals surface area (Å²) in [5, 5.41) is 4.50. The smallest absolute Gasteiger partial charge is 0.147 e. The van der Waals surface area contributed by atoms with Crippen LogP contribution in [0.25, 0.3) is 6.08 Å². The molecule has 2 heterocycles. The van der Waals surface area contributed by atoms with E-state index in [0.29, 0.717) is 6.04 Å². The summed E-state index contributed by atoms with van der Waals surface area (Å²) in [5.41, 5.74) is 1.26. The lowest BCUT2D eigenvalue weighted by atomic mass is 10.2. The molecule has 1 aliphatic heterocycles. The van der Waals surface area contributed by atoms with Crippen molar-refractivity contribution in [2.75, 3.05) is 13.1 Å². The highest BCUT2D eigenvalue weighted by Gasteiger charge is 2.24. The van der Waals surface area contributed by atoms with Gasteiger partial charge in [0.1, 0.15) is 11.6 Å². The summed E-state index contributed by atoms with van der Waals surface area (Å²) in [6.45, 7) is 7.13. The van der Waals surface area contributed by atoms with E-state index >= 15 is 0 Å². The summed E-state index contributed by atoms with van der Waals surface area (Å²) < 4.78 is 2.05. The van der Waals surface area contributed by atoms with Gasteiger partial charge in [-0.25, -0.2) is 9.67 Å². The second-order valence-electron chi connectivity index (χ2n) is 5.99. The first kappa shape index (κ1) is 15.0. The van der Waals surface area contributed by atoms with Gasteiger partial charge < -0.3 is 0 Å². The number of aromatic nitrogens is 3. The highest BCUT2D eigenvalue weighted by Crippen LogP contribution is 2.19.